The maximum atomic E-state index is 12.0. The molecule has 0 saturated carbocycles. The van der Waals surface area contributed by atoms with Crippen molar-refractivity contribution in [3.63, 3.8) is 0 Å². The van der Waals surface area contributed by atoms with Crippen LogP contribution >= 0.6 is 0 Å². The largest absolute Gasteiger partial charge is 0.444 e. The lowest BCUT2D eigenvalue weighted by atomic mass is 10.2. The Kier molecular flexibility index (Phi) is 5.13. The number of nitrogens with one attached hydrogen (secondary N) is 1. The van der Waals surface area contributed by atoms with Gasteiger partial charge in [0.2, 0.25) is 5.91 Å². The van der Waals surface area contributed by atoms with Gasteiger partial charge in [-0.3, -0.25) is 4.79 Å². The minimum absolute atomic E-state index is 0.0799. The second kappa shape index (κ2) is 6.89. The van der Waals surface area contributed by atoms with Gasteiger partial charge in [-0.2, -0.15) is 0 Å². The lowest BCUT2D eigenvalue weighted by molar-refractivity contribution is -0.114. The molecule has 0 unspecified atom stereocenters. The Morgan fingerprint density at radius 2 is 1.61 bits per heavy atom. The Morgan fingerprint density at radius 3 is 2.09 bits per heavy atom. The maximum absolute atomic E-state index is 12.0. The second-order valence-electron chi connectivity index (χ2n) is 6.68. The smallest absolute Gasteiger partial charge is 0.410 e. The number of piperazine rings is 1. The van der Waals surface area contributed by atoms with Gasteiger partial charge < -0.3 is 19.9 Å². The molecule has 6 heteroatoms. The standard InChI is InChI=1S/C17H25N3O3/c1-13(21)18-14-5-7-15(8-6-14)19-9-11-20(12-10-19)16(22)23-17(2,3)4/h5-8H,9-12H2,1-4H3,(H,18,21). The third-order valence-corrected chi connectivity index (χ3v) is 3.48. The summed E-state index contributed by atoms with van der Waals surface area (Å²) in [5.41, 5.74) is 1.41. The Balaban J connectivity index is 1.89. The van der Waals surface area contributed by atoms with Crippen LogP contribution in [0.4, 0.5) is 16.2 Å². The molecule has 1 heterocycles. The van der Waals surface area contributed by atoms with Crippen LogP contribution in [0.15, 0.2) is 24.3 Å². The minimum Gasteiger partial charge on any atom is -0.444 e. The van der Waals surface area contributed by atoms with Crippen LogP contribution in [0, 0.1) is 0 Å². The summed E-state index contributed by atoms with van der Waals surface area (Å²) < 4.78 is 5.40. The van der Waals surface area contributed by atoms with Crippen LogP contribution in [0.3, 0.4) is 0 Å². The van der Waals surface area contributed by atoms with E-state index in [4.69, 9.17) is 4.74 Å². The Hall–Kier alpha value is -2.24. The molecular formula is C17H25N3O3. The highest BCUT2D eigenvalue weighted by Crippen LogP contribution is 2.20. The van der Waals surface area contributed by atoms with Crippen LogP contribution in [-0.4, -0.2) is 48.7 Å². The first kappa shape index (κ1) is 17.1. The molecule has 0 aromatic heterocycles. The van der Waals surface area contributed by atoms with Gasteiger partial charge in [0.1, 0.15) is 5.60 Å². The lowest BCUT2D eigenvalue weighted by Crippen LogP contribution is -2.50. The van der Waals surface area contributed by atoms with E-state index in [-0.39, 0.29) is 12.0 Å². The molecule has 1 aliphatic rings. The van der Waals surface area contributed by atoms with Crippen LogP contribution in [0.1, 0.15) is 27.7 Å². The van der Waals surface area contributed by atoms with E-state index in [0.717, 1.165) is 24.5 Å². The van der Waals surface area contributed by atoms with Crippen LogP contribution in [0.5, 0.6) is 0 Å². The fourth-order valence-electron chi connectivity index (χ4n) is 2.43. The summed E-state index contributed by atoms with van der Waals surface area (Å²) in [4.78, 5) is 27.0. The number of carbonyl (C=O) groups excluding carboxylic acids is 2. The molecule has 0 spiro atoms. The third-order valence-electron chi connectivity index (χ3n) is 3.48. The zero-order chi connectivity index (χ0) is 17.0. The van der Waals surface area contributed by atoms with Crippen LogP contribution < -0.4 is 10.2 Å². The van der Waals surface area contributed by atoms with Crippen LogP contribution in [0.2, 0.25) is 0 Å². The van der Waals surface area contributed by atoms with Crippen molar-refractivity contribution in [2.75, 3.05) is 36.4 Å². The molecule has 1 saturated heterocycles. The van der Waals surface area contributed by atoms with E-state index in [1.54, 1.807) is 4.90 Å². The van der Waals surface area contributed by atoms with E-state index in [1.807, 2.05) is 45.0 Å². The third kappa shape index (κ3) is 5.16. The van der Waals surface area contributed by atoms with Crippen LogP contribution in [-0.2, 0) is 9.53 Å². The van der Waals surface area contributed by atoms with Crippen molar-refractivity contribution < 1.29 is 14.3 Å². The number of rotatable bonds is 2. The minimum atomic E-state index is -0.465. The van der Waals surface area contributed by atoms with Crippen molar-refractivity contribution in [1.82, 2.24) is 4.90 Å². The van der Waals surface area contributed by atoms with E-state index < -0.39 is 5.60 Å². The Labute approximate surface area is 137 Å². The zero-order valence-corrected chi connectivity index (χ0v) is 14.3. The number of benzene rings is 1. The van der Waals surface area contributed by atoms with Crippen LogP contribution in [0.25, 0.3) is 0 Å². The first-order valence-corrected chi connectivity index (χ1v) is 7.85. The van der Waals surface area contributed by atoms with Gasteiger partial charge in [0, 0.05) is 44.5 Å². The van der Waals surface area contributed by atoms with E-state index in [9.17, 15) is 9.59 Å². The molecule has 1 aromatic rings. The average Bonchev–Trinajstić information content (AvgIpc) is 2.46. The fraction of sp³-hybridized carbons (Fsp3) is 0.529. The monoisotopic (exact) mass is 319 g/mol. The second-order valence-corrected chi connectivity index (χ2v) is 6.68. The Morgan fingerprint density at radius 1 is 1.04 bits per heavy atom. The summed E-state index contributed by atoms with van der Waals surface area (Å²) in [6, 6.07) is 7.73. The zero-order valence-electron chi connectivity index (χ0n) is 14.3. The van der Waals surface area contributed by atoms with Crippen molar-refractivity contribution in [1.29, 1.82) is 0 Å². The van der Waals surface area contributed by atoms with E-state index in [2.05, 4.69) is 10.2 Å². The molecule has 1 fully saturated rings. The first-order chi connectivity index (χ1) is 10.7. The molecule has 1 aromatic carbocycles. The number of nitrogens with zero attached hydrogens (tertiary/aromatic N) is 2. The molecule has 0 bridgehead atoms. The highest BCUT2D eigenvalue weighted by atomic mass is 16.6. The highest BCUT2D eigenvalue weighted by Gasteiger charge is 2.25. The number of amides is 2. The molecule has 126 valence electrons. The highest BCUT2D eigenvalue weighted by molar-refractivity contribution is 5.88. The summed E-state index contributed by atoms with van der Waals surface area (Å²) in [6.07, 6.45) is -0.252. The normalized spacial score (nSPS) is 15.3. The average molecular weight is 319 g/mol. The number of hydrogen-bond acceptors (Lipinski definition) is 4. The van der Waals surface area contributed by atoms with Crippen molar-refractivity contribution in [2.24, 2.45) is 0 Å². The predicted molar refractivity (Wildman–Crippen MR) is 90.8 cm³/mol. The van der Waals surface area contributed by atoms with E-state index in [1.165, 1.54) is 6.92 Å². The SMILES string of the molecule is CC(=O)Nc1ccc(N2CCN(C(=O)OC(C)(C)C)CC2)cc1. The van der Waals surface area contributed by atoms with E-state index in [0.29, 0.717) is 13.1 Å². The molecule has 2 rings (SSSR count). The maximum Gasteiger partial charge on any atom is 0.410 e. The molecule has 0 atom stereocenters. The van der Waals surface area contributed by atoms with Gasteiger partial charge in [0.05, 0.1) is 0 Å². The van der Waals surface area contributed by atoms with Crippen molar-refractivity contribution in [2.45, 2.75) is 33.3 Å². The molecule has 1 N–H and O–H groups in total. The molecule has 0 radical (unpaired) electrons. The van der Waals surface area contributed by atoms with Gasteiger partial charge >= 0.3 is 6.09 Å². The van der Waals surface area contributed by atoms with Gasteiger partial charge in [-0.05, 0) is 45.0 Å². The number of anilines is 2. The molecule has 23 heavy (non-hydrogen) atoms. The summed E-state index contributed by atoms with van der Waals surface area (Å²) in [6.45, 7) is 9.92. The summed E-state index contributed by atoms with van der Waals surface area (Å²) in [5.74, 6) is -0.0799. The van der Waals surface area contributed by atoms with Gasteiger partial charge in [-0.15, -0.1) is 0 Å². The lowest BCUT2D eigenvalue weighted by Gasteiger charge is -2.36. The first-order valence-electron chi connectivity index (χ1n) is 7.85. The van der Waals surface area contributed by atoms with Gasteiger partial charge in [-0.25, -0.2) is 4.79 Å². The molecule has 0 aliphatic carbocycles. The topological polar surface area (TPSA) is 61.9 Å². The number of hydrogen-bond donors (Lipinski definition) is 1. The van der Waals surface area contributed by atoms with Gasteiger partial charge in [0.15, 0.2) is 0 Å². The summed E-state index contributed by atoms with van der Waals surface area (Å²) >= 11 is 0. The number of carbonyl (C=O) groups is 2. The van der Waals surface area contributed by atoms with Crippen molar-refractivity contribution in [3.05, 3.63) is 24.3 Å². The summed E-state index contributed by atoms with van der Waals surface area (Å²) in [7, 11) is 0. The Bertz CT molecular complexity index is 555. The van der Waals surface area contributed by atoms with Gasteiger partial charge in [0.25, 0.3) is 0 Å². The van der Waals surface area contributed by atoms with Crippen molar-refractivity contribution in [3.8, 4) is 0 Å². The molecule has 1 aliphatic heterocycles. The van der Waals surface area contributed by atoms with Crippen molar-refractivity contribution >= 4 is 23.4 Å². The molecule has 2 amide bonds. The number of ether oxygens (including phenoxy) is 1. The van der Waals surface area contributed by atoms with E-state index >= 15 is 0 Å². The molecular weight excluding hydrogens is 294 g/mol. The fourth-order valence-corrected chi connectivity index (χ4v) is 2.43. The quantitative estimate of drug-likeness (QED) is 0.910. The predicted octanol–water partition coefficient (Wildman–Crippen LogP) is 2.70. The van der Waals surface area contributed by atoms with Gasteiger partial charge in [-0.1, -0.05) is 0 Å². The summed E-state index contributed by atoms with van der Waals surface area (Å²) in [5, 5.41) is 2.75. The molecule has 6 nitrogen and oxygen atoms in total.